The van der Waals surface area contributed by atoms with E-state index in [1.54, 1.807) is 54.6 Å². The number of anilines is 1. The second-order valence-corrected chi connectivity index (χ2v) is 10.5. The van der Waals surface area contributed by atoms with Crippen LogP contribution in [0.25, 0.3) is 0 Å². The number of hydrogen-bond donors (Lipinski definition) is 2. The van der Waals surface area contributed by atoms with Gasteiger partial charge < -0.3 is 10.1 Å². The fourth-order valence-electron chi connectivity index (χ4n) is 3.15. The summed E-state index contributed by atoms with van der Waals surface area (Å²) in [7, 11) is -4.03. The number of ether oxygens (including phenoxy) is 1. The summed E-state index contributed by atoms with van der Waals surface area (Å²) in [4.78, 5) is 24.4. The van der Waals surface area contributed by atoms with Crippen LogP contribution in [0.3, 0.4) is 0 Å². The lowest BCUT2D eigenvalue weighted by molar-refractivity contribution is -0.123. The molecule has 0 aromatic heterocycles. The molecule has 0 aliphatic heterocycles. The molecule has 0 spiro atoms. The average molecular weight is 543 g/mol. The van der Waals surface area contributed by atoms with Crippen LogP contribution >= 0.6 is 11.6 Å². The Kier molecular flexibility index (Phi) is 9.64. The maximum atomic E-state index is 13.3. The van der Waals surface area contributed by atoms with Crippen molar-refractivity contribution in [3.05, 3.63) is 89.4 Å². The minimum Gasteiger partial charge on any atom is -0.484 e. The number of hydrazone groups is 1. The van der Waals surface area contributed by atoms with E-state index in [4.69, 9.17) is 16.3 Å². The zero-order chi connectivity index (χ0) is 26.8. The van der Waals surface area contributed by atoms with Crippen molar-refractivity contribution >= 4 is 45.3 Å². The van der Waals surface area contributed by atoms with Gasteiger partial charge in [0.15, 0.2) is 6.61 Å². The largest absolute Gasteiger partial charge is 0.484 e. The van der Waals surface area contributed by atoms with Gasteiger partial charge in [0, 0.05) is 11.1 Å². The number of carbonyl (C=O) groups excluding carboxylic acids is 2. The maximum absolute atomic E-state index is 13.3. The molecule has 194 valence electrons. The van der Waals surface area contributed by atoms with Crippen LogP contribution in [0.2, 0.25) is 5.02 Å². The first-order chi connectivity index (χ1) is 17.6. The molecule has 0 saturated carbocycles. The lowest BCUT2D eigenvalue weighted by Crippen LogP contribution is -2.39. The topological polar surface area (TPSA) is 117 Å². The molecule has 0 unspecified atom stereocenters. The van der Waals surface area contributed by atoms with Gasteiger partial charge >= 0.3 is 0 Å². The van der Waals surface area contributed by atoms with Gasteiger partial charge in [-0.3, -0.25) is 13.9 Å². The highest BCUT2D eigenvalue weighted by atomic mass is 35.5. The van der Waals surface area contributed by atoms with E-state index < -0.39 is 22.5 Å². The second-order valence-electron chi connectivity index (χ2n) is 8.17. The summed E-state index contributed by atoms with van der Waals surface area (Å²) in [5.41, 5.74) is 3.29. The minimum absolute atomic E-state index is 0.0293. The summed E-state index contributed by atoms with van der Waals surface area (Å²) in [6, 6.07) is 20.7. The van der Waals surface area contributed by atoms with Crippen LogP contribution in [-0.2, 0) is 19.6 Å². The summed E-state index contributed by atoms with van der Waals surface area (Å²) in [6.07, 6.45) is 1.41. The van der Waals surface area contributed by atoms with Crippen molar-refractivity contribution in [1.82, 2.24) is 10.7 Å². The smallest absolute Gasteiger partial charge is 0.264 e. The number of carbonyl (C=O) groups is 2. The van der Waals surface area contributed by atoms with Crippen LogP contribution in [0.1, 0.15) is 19.4 Å². The van der Waals surface area contributed by atoms with Gasteiger partial charge in [0.25, 0.3) is 21.8 Å². The Morgan fingerprint density at radius 1 is 0.973 bits per heavy atom. The molecule has 0 aliphatic carbocycles. The van der Waals surface area contributed by atoms with Gasteiger partial charge in [-0.15, -0.1) is 0 Å². The number of hydrogen-bond acceptors (Lipinski definition) is 6. The van der Waals surface area contributed by atoms with E-state index in [1.807, 2.05) is 13.8 Å². The van der Waals surface area contributed by atoms with Gasteiger partial charge in [0.2, 0.25) is 0 Å². The molecule has 11 heteroatoms. The number of nitrogens with zero attached hydrogens (tertiary/aromatic N) is 2. The van der Waals surface area contributed by atoms with Gasteiger partial charge in [-0.25, -0.2) is 13.8 Å². The van der Waals surface area contributed by atoms with Crippen LogP contribution in [0.15, 0.2) is 88.9 Å². The van der Waals surface area contributed by atoms with E-state index in [-0.39, 0.29) is 29.1 Å². The first kappa shape index (κ1) is 27.7. The summed E-state index contributed by atoms with van der Waals surface area (Å²) >= 11 is 5.95. The fourth-order valence-corrected chi connectivity index (χ4v) is 4.72. The van der Waals surface area contributed by atoms with Crippen molar-refractivity contribution in [2.75, 3.05) is 17.5 Å². The number of sulfonamides is 1. The number of benzene rings is 3. The first-order valence-electron chi connectivity index (χ1n) is 11.3. The summed E-state index contributed by atoms with van der Waals surface area (Å²) in [6.45, 7) is 3.13. The Morgan fingerprint density at radius 3 is 2.24 bits per heavy atom. The van der Waals surface area contributed by atoms with E-state index in [0.29, 0.717) is 16.3 Å². The molecule has 37 heavy (non-hydrogen) atoms. The summed E-state index contributed by atoms with van der Waals surface area (Å²) in [5, 5.41) is 7.09. The molecular weight excluding hydrogens is 516 g/mol. The quantitative estimate of drug-likeness (QED) is 0.284. The van der Waals surface area contributed by atoms with Crippen LogP contribution in [0, 0.1) is 0 Å². The Bertz CT molecular complexity index is 1330. The molecule has 9 nitrogen and oxygen atoms in total. The molecule has 3 rings (SSSR count). The maximum Gasteiger partial charge on any atom is 0.264 e. The zero-order valence-electron chi connectivity index (χ0n) is 20.3. The Labute approximate surface area is 221 Å². The van der Waals surface area contributed by atoms with Crippen molar-refractivity contribution < 1.29 is 22.7 Å². The average Bonchev–Trinajstić information content (AvgIpc) is 2.87. The molecule has 2 N–H and O–H groups in total. The van der Waals surface area contributed by atoms with Crippen LogP contribution in [0.4, 0.5) is 5.69 Å². The van der Waals surface area contributed by atoms with Crippen LogP contribution in [0.5, 0.6) is 5.75 Å². The highest BCUT2D eigenvalue weighted by Gasteiger charge is 2.27. The van der Waals surface area contributed by atoms with Gasteiger partial charge in [-0.1, -0.05) is 29.8 Å². The third-order valence-electron chi connectivity index (χ3n) is 4.84. The third-order valence-corrected chi connectivity index (χ3v) is 6.88. The highest BCUT2D eigenvalue weighted by Crippen LogP contribution is 2.25. The standard InChI is InChI=1S/C26H27ClN4O5S/c1-19(2)29-26(33)18-36-23-14-8-20(9-15-23)16-28-30-25(32)17-31(22-12-10-21(27)11-13-22)37(34,35)24-6-4-3-5-7-24/h3-16,19H,17-18H2,1-2H3,(H,29,33)(H,30,32)/b28-16-. The van der Waals surface area contributed by atoms with Crippen molar-refractivity contribution in [3.8, 4) is 5.75 Å². The molecule has 3 aromatic carbocycles. The molecule has 2 amide bonds. The van der Waals surface area contributed by atoms with Crippen molar-refractivity contribution in [2.24, 2.45) is 5.10 Å². The van der Waals surface area contributed by atoms with E-state index >= 15 is 0 Å². The molecule has 0 heterocycles. The van der Waals surface area contributed by atoms with Crippen LogP contribution < -0.4 is 19.8 Å². The van der Waals surface area contributed by atoms with Crippen LogP contribution in [-0.4, -0.2) is 45.6 Å². The molecule has 0 atom stereocenters. The van der Waals surface area contributed by atoms with Crippen molar-refractivity contribution in [1.29, 1.82) is 0 Å². The van der Waals surface area contributed by atoms with Crippen molar-refractivity contribution in [3.63, 3.8) is 0 Å². The third kappa shape index (κ3) is 8.33. The molecule has 0 saturated heterocycles. The number of nitrogens with one attached hydrogen (secondary N) is 2. The van der Waals surface area contributed by atoms with Gasteiger partial charge in [-0.05, 0) is 80.1 Å². The zero-order valence-corrected chi connectivity index (χ0v) is 21.9. The molecule has 3 aromatic rings. The predicted molar refractivity (Wildman–Crippen MR) is 143 cm³/mol. The molecular formula is C26H27ClN4O5S. The Balaban J connectivity index is 1.64. The van der Waals surface area contributed by atoms with Gasteiger partial charge in [-0.2, -0.15) is 5.10 Å². The monoisotopic (exact) mass is 542 g/mol. The van der Waals surface area contributed by atoms with E-state index in [2.05, 4.69) is 15.8 Å². The Hall–Kier alpha value is -3.89. The highest BCUT2D eigenvalue weighted by molar-refractivity contribution is 7.92. The normalized spacial score (nSPS) is 11.4. The molecule has 0 bridgehead atoms. The van der Waals surface area contributed by atoms with Gasteiger partial charge in [0.1, 0.15) is 12.3 Å². The second kappa shape index (κ2) is 12.9. The lowest BCUT2D eigenvalue weighted by Gasteiger charge is -2.23. The van der Waals surface area contributed by atoms with E-state index in [9.17, 15) is 18.0 Å². The van der Waals surface area contributed by atoms with E-state index in [0.717, 1.165) is 4.31 Å². The number of amides is 2. The SMILES string of the molecule is CC(C)NC(=O)COc1ccc(/C=N\NC(=O)CN(c2ccc(Cl)cc2)S(=O)(=O)c2ccccc2)cc1. The number of rotatable bonds is 11. The lowest BCUT2D eigenvalue weighted by atomic mass is 10.2. The van der Waals surface area contributed by atoms with Crippen molar-refractivity contribution in [2.45, 2.75) is 24.8 Å². The molecule has 0 radical (unpaired) electrons. The predicted octanol–water partition coefficient (Wildman–Crippen LogP) is 3.59. The van der Waals surface area contributed by atoms with Gasteiger partial charge in [0.05, 0.1) is 16.8 Å². The first-order valence-corrected chi connectivity index (χ1v) is 13.1. The molecule has 0 aliphatic rings. The Morgan fingerprint density at radius 2 is 1.62 bits per heavy atom. The minimum atomic E-state index is -4.03. The summed E-state index contributed by atoms with van der Waals surface area (Å²) in [5.74, 6) is -0.350. The fraction of sp³-hybridized carbons (Fsp3) is 0.192. The summed E-state index contributed by atoms with van der Waals surface area (Å²) < 4.78 is 33.0. The molecule has 0 fully saturated rings. The van der Waals surface area contributed by atoms with E-state index in [1.165, 1.54) is 30.5 Å². The number of halogens is 1.